The molecule has 0 aliphatic carbocycles. The molecule has 4 rings (SSSR count). The van der Waals surface area contributed by atoms with Gasteiger partial charge in [0.25, 0.3) is 0 Å². The van der Waals surface area contributed by atoms with E-state index in [-0.39, 0.29) is 0 Å². The number of aryl methyl sites for hydroxylation is 2. The van der Waals surface area contributed by atoms with Crippen LogP contribution in [0.1, 0.15) is 16.7 Å². The molecule has 0 spiro atoms. The van der Waals surface area contributed by atoms with Crippen molar-refractivity contribution in [2.24, 2.45) is 0 Å². The van der Waals surface area contributed by atoms with E-state index in [2.05, 4.69) is 60.1 Å². The molecule has 0 saturated carbocycles. The molecule has 144 valence electrons. The van der Waals surface area contributed by atoms with Gasteiger partial charge in [0.05, 0.1) is 11.9 Å². The maximum atomic E-state index is 4.75. The van der Waals surface area contributed by atoms with Gasteiger partial charge in [0.1, 0.15) is 11.3 Å². The Bertz CT molecular complexity index is 1180. The lowest BCUT2D eigenvalue weighted by molar-refractivity contribution is 1.20. The molecule has 0 unspecified atom stereocenters. The smallest absolute Gasteiger partial charge is 0.180 e. The maximum Gasteiger partial charge on any atom is 0.180 e. The summed E-state index contributed by atoms with van der Waals surface area (Å²) >= 11 is 0. The number of rotatable bonds is 5. The molecule has 0 aliphatic rings. The van der Waals surface area contributed by atoms with Crippen LogP contribution in [0.5, 0.6) is 0 Å². The van der Waals surface area contributed by atoms with E-state index in [0.29, 0.717) is 17.3 Å². The molecular formula is C24H23N5. The van der Waals surface area contributed by atoms with E-state index in [0.717, 1.165) is 22.5 Å². The molecule has 5 heteroatoms. The van der Waals surface area contributed by atoms with Crippen LogP contribution in [0.15, 0.2) is 73.2 Å². The molecule has 2 aromatic heterocycles. The van der Waals surface area contributed by atoms with Gasteiger partial charge in [0.2, 0.25) is 0 Å². The molecule has 0 saturated heterocycles. The number of nitrogens with one attached hydrogen (secondary N) is 2. The Morgan fingerprint density at radius 2 is 1.59 bits per heavy atom. The molecule has 0 bridgehead atoms. The summed E-state index contributed by atoms with van der Waals surface area (Å²) in [5, 5.41) is 6.35. The van der Waals surface area contributed by atoms with Gasteiger partial charge in [-0.15, -0.1) is 0 Å². The molecule has 29 heavy (non-hydrogen) atoms. The highest BCUT2D eigenvalue weighted by Gasteiger charge is 2.08. The van der Waals surface area contributed by atoms with Gasteiger partial charge in [-0.1, -0.05) is 24.8 Å². The fourth-order valence-electron chi connectivity index (χ4n) is 3.18. The number of hydrogen-bond donors (Lipinski definition) is 2. The first-order valence-electron chi connectivity index (χ1n) is 9.49. The summed E-state index contributed by atoms with van der Waals surface area (Å²) in [6, 6.07) is 18.1. The van der Waals surface area contributed by atoms with Crippen molar-refractivity contribution in [1.29, 1.82) is 0 Å². The summed E-state index contributed by atoms with van der Waals surface area (Å²) in [6.45, 7) is 10.4. The van der Waals surface area contributed by atoms with Gasteiger partial charge in [-0.3, -0.25) is 0 Å². The van der Waals surface area contributed by atoms with Gasteiger partial charge in [-0.2, -0.15) is 0 Å². The van der Waals surface area contributed by atoms with E-state index in [4.69, 9.17) is 4.98 Å². The number of anilines is 2. The SMILES string of the molecule is C=C(Nc1ccccc1)Nc1cnc2ccc(-c3cc(C)c(C)c(C)c3)nc2n1. The molecule has 2 heterocycles. The number of nitrogens with zero attached hydrogens (tertiary/aromatic N) is 3. The summed E-state index contributed by atoms with van der Waals surface area (Å²) < 4.78 is 0. The van der Waals surface area contributed by atoms with Crippen molar-refractivity contribution >= 4 is 22.7 Å². The third-order valence-corrected chi connectivity index (χ3v) is 4.98. The van der Waals surface area contributed by atoms with Crippen molar-refractivity contribution in [3.05, 3.63) is 89.9 Å². The van der Waals surface area contributed by atoms with E-state index in [1.54, 1.807) is 6.20 Å². The van der Waals surface area contributed by atoms with Gasteiger partial charge >= 0.3 is 0 Å². The molecule has 5 nitrogen and oxygen atoms in total. The van der Waals surface area contributed by atoms with Crippen molar-refractivity contribution in [2.45, 2.75) is 20.8 Å². The van der Waals surface area contributed by atoms with Crippen LogP contribution in [0.2, 0.25) is 0 Å². The minimum atomic E-state index is 0.590. The molecule has 0 radical (unpaired) electrons. The Hall–Kier alpha value is -3.73. The van der Waals surface area contributed by atoms with Crippen LogP contribution >= 0.6 is 0 Å². The van der Waals surface area contributed by atoms with Crippen molar-refractivity contribution < 1.29 is 0 Å². The fraction of sp³-hybridized carbons (Fsp3) is 0.125. The van der Waals surface area contributed by atoms with Gasteiger partial charge in [0, 0.05) is 11.3 Å². The zero-order chi connectivity index (χ0) is 20.4. The predicted molar refractivity (Wildman–Crippen MR) is 120 cm³/mol. The molecule has 2 N–H and O–H groups in total. The monoisotopic (exact) mass is 381 g/mol. The minimum Gasteiger partial charge on any atom is -0.342 e. The van der Waals surface area contributed by atoms with E-state index < -0.39 is 0 Å². The van der Waals surface area contributed by atoms with E-state index in [1.807, 2.05) is 42.5 Å². The van der Waals surface area contributed by atoms with Gasteiger partial charge < -0.3 is 10.6 Å². The zero-order valence-electron chi connectivity index (χ0n) is 16.8. The molecule has 2 aromatic carbocycles. The normalized spacial score (nSPS) is 10.7. The first-order chi connectivity index (χ1) is 14.0. The topological polar surface area (TPSA) is 62.7 Å². The first kappa shape index (κ1) is 18.6. The quantitative estimate of drug-likeness (QED) is 0.470. The van der Waals surface area contributed by atoms with Crippen molar-refractivity contribution in [2.75, 3.05) is 10.6 Å². The lowest BCUT2D eigenvalue weighted by atomic mass is 9.99. The van der Waals surface area contributed by atoms with Crippen molar-refractivity contribution in [1.82, 2.24) is 15.0 Å². The number of para-hydroxylation sites is 1. The van der Waals surface area contributed by atoms with Crippen LogP contribution in [0.4, 0.5) is 11.5 Å². The van der Waals surface area contributed by atoms with E-state index in [9.17, 15) is 0 Å². The molecule has 4 aromatic rings. The molecule has 0 fully saturated rings. The number of aromatic nitrogens is 3. The Kier molecular flexibility index (Phi) is 4.96. The zero-order valence-corrected chi connectivity index (χ0v) is 16.8. The molecule has 0 amide bonds. The summed E-state index contributed by atoms with van der Waals surface area (Å²) in [4.78, 5) is 13.8. The van der Waals surface area contributed by atoms with Crippen LogP contribution < -0.4 is 10.6 Å². The standard InChI is InChI=1S/C24H23N5/c1-15-12-19(13-16(2)17(15)3)21-10-11-22-24(28-21)29-23(14-25-22)27-18(4)26-20-8-6-5-7-9-20/h5-14,26H,4H2,1-3H3,(H,27,28,29). The summed E-state index contributed by atoms with van der Waals surface area (Å²) in [6.07, 6.45) is 1.68. The second kappa shape index (κ2) is 7.72. The van der Waals surface area contributed by atoms with Crippen LogP contribution in [0, 0.1) is 20.8 Å². The molecule has 0 atom stereocenters. The highest BCUT2D eigenvalue weighted by molar-refractivity contribution is 5.76. The second-order valence-corrected chi connectivity index (χ2v) is 7.12. The number of fused-ring (bicyclic) bond motifs is 1. The van der Waals surface area contributed by atoms with E-state index >= 15 is 0 Å². The largest absolute Gasteiger partial charge is 0.342 e. The Morgan fingerprint density at radius 1 is 0.862 bits per heavy atom. The fourth-order valence-corrected chi connectivity index (χ4v) is 3.18. The second-order valence-electron chi connectivity index (χ2n) is 7.12. The van der Waals surface area contributed by atoms with Crippen LogP contribution in [-0.2, 0) is 0 Å². The Labute approximate surface area is 170 Å². The Morgan fingerprint density at radius 3 is 2.31 bits per heavy atom. The molecule has 0 aliphatic heterocycles. The van der Waals surface area contributed by atoms with Gasteiger partial charge in [-0.25, -0.2) is 15.0 Å². The highest BCUT2D eigenvalue weighted by Crippen LogP contribution is 2.25. The van der Waals surface area contributed by atoms with Crippen LogP contribution in [-0.4, -0.2) is 15.0 Å². The predicted octanol–water partition coefficient (Wildman–Crippen LogP) is 5.61. The number of benzene rings is 2. The van der Waals surface area contributed by atoms with Crippen molar-refractivity contribution in [3.8, 4) is 11.3 Å². The lowest BCUT2D eigenvalue weighted by Crippen LogP contribution is -2.09. The summed E-state index contributed by atoms with van der Waals surface area (Å²) in [5.74, 6) is 1.21. The average molecular weight is 381 g/mol. The number of pyridine rings is 1. The van der Waals surface area contributed by atoms with Gasteiger partial charge in [-0.05, 0) is 73.9 Å². The van der Waals surface area contributed by atoms with Crippen LogP contribution in [0.25, 0.3) is 22.4 Å². The minimum absolute atomic E-state index is 0.590. The highest BCUT2D eigenvalue weighted by atomic mass is 15.1. The first-order valence-corrected chi connectivity index (χ1v) is 9.49. The maximum absolute atomic E-state index is 4.75. The average Bonchev–Trinajstić information content (AvgIpc) is 2.71. The molecular weight excluding hydrogens is 358 g/mol. The summed E-state index contributed by atoms with van der Waals surface area (Å²) in [7, 11) is 0. The third-order valence-electron chi connectivity index (χ3n) is 4.98. The summed E-state index contributed by atoms with van der Waals surface area (Å²) in [5.41, 5.74) is 8.09. The number of hydrogen-bond acceptors (Lipinski definition) is 5. The third kappa shape index (κ3) is 4.09. The van der Waals surface area contributed by atoms with Gasteiger partial charge in [0.15, 0.2) is 11.5 Å². The Balaban J connectivity index is 1.61. The van der Waals surface area contributed by atoms with Crippen molar-refractivity contribution in [3.63, 3.8) is 0 Å². The van der Waals surface area contributed by atoms with Crippen LogP contribution in [0.3, 0.4) is 0 Å². The van der Waals surface area contributed by atoms with E-state index in [1.165, 1.54) is 16.7 Å². The lowest BCUT2D eigenvalue weighted by Gasteiger charge is -2.12.